The molecule has 2 aromatic carbocycles. The van der Waals surface area contributed by atoms with Crippen LogP contribution in [0.4, 0.5) is 0 Å². The Hall–Kier alpha value is -2.33. The zero-order chi connectivity index (χ0) is 16.1. The Kier molecular flexibility index (Phi) is 5.17. The molecule has 0 aromatic heterocycles. The van der Waals surface area contributed by atoms with E-state index in [9.17, 15) is 4.79 Å². The molecular formula is C18H22N2O2. The quantitative estimate of drug-likeness (QED) is 0.892. The molecule has 2 unspecified atom stereocenters. The lowest BCUT2D eigenvalue weighted by molar-refractivity contribution is -0.123. The van der Waals surface area contributed by atoms with Crippen molar-refractivity contribution >= 4 is 5.91 Å². The number of benzene rings is 2. The Morgan fingerprint density at radius 1 is 1.18 bits per heavy atom. The highest BCUT2D eigenvalue weighted by Crippen LogP contribution is 2.26. The number of nitrogens with one attached hydrogen (secondary N) is 1. The molecule has 2 atom stereocenters. The van der Waals surface area contributed by atoms with E-state index in [0.29, 0.717) is 0 Å². The average Bonchev–Trinajstić information content (AvgIpc) is 2.54. The molecule has 4 nitrogen and oxygen atoms in total. The van der Waals surface area contributed by atoms with Crippen molar-refractivity contribution in [2.75, 3.05) is 7.11 Å². The predicted octanol–water partition coefficient (Wildman–Crippen LogP) is 2.88. The first-order valence-electron chi connectivity index (χ1n) is 7.28. The van der Waals surface area contributed by atoms with E-state index in [1.165, 1.54) is 0 Å². The normalized spacial score (nSPS) is 13.3. The van der Waals surface area contributed by atoms with Gasteiger partial charge in [0.1, 0.15) is 11.8 Å². The third-order valence-electron chi connectivity index (χ3n) is 3.65. The summed E-state index contributed by atoms with van der Waals surface area (Å²) in [6.45, 7) is 3.93. The minimum Gasteiger partial charge on any atom is -0.496 e. The second kappa shape index (κ2) is 7.09. The summed E-state index contributed by atoms with van der Waals surface area (Å²) in [6, 6.07) is 14.4. The molecule has 0 aliphatic heterocycles. The molecule has 22 heavy (non-hydrogen) atoms. The van der Waals surface area contributed by atoms with E-state index in [1.54, 1.807) is 7.11 Å². The molecule has 0 aliphatic rings. The first kappa shape index (κ1) is 16.0. The van der Waals surface area contributed by atoms with Crippen molar-refractivity contribution in [1.29, 1.82) is 0 Å². The van der Waals surface area contributed by atoms with Crippen molar-refractivity contribution in [2.45, 2.75) is 25.9 Å². The molecule has 0 fully saturated rings. The average molecular weight is 298 g/mol. The molecule has 2 rings (SSSR count). The van der Waals surface area contributed by atoms with Crippen LogP contribution in [0.5, 0.6) is 5.75 Å². The minimum atomic E-state index is -0.681. The van der Waals surface area contributed by atoms with Crippen molar-refractivity contribution in [2.24, 2.45) is 5.73 Å². The number of amides is 1. The second-order valence-electron chi connectivity index (χ2n) is 5.36. The van der Waals surface area contributed by atoms with Crippen molar-refractivity contribution in [3.63, 3.8) is 0 Å². The van der Waals surface area contributed by atoms with Gasteiger partial charge in [-0.1, -0.05) is 48.0 Å². The molecule has 116 valence electrons. The van der Waals surface area contributed by atoms with Crippen LogP contribution in [0.2, 0.25) is 0 Å². The summed E-state index contributed by atoms with van der Waals surface area (Å²) >= 11 is 0. The standard InChI is InChI=1S/C18H22N2O2/c1-12-9-10-16(22-3)15(11-12)13(2)20-18(21)17(19)14-7-5-4-6-8-14/h4-11,13,17H,19H2,1-3H3,(H,20,21). The molecule has 0 saturated heterocycles. The number of ether oxygens (including phenoxy) is 1. The van der Waals surface area contributed by atoms with E-state index < -0.39 is 6.04 Å². The number of carbonyl (C=O) groups excluding carboxylic acids is 1. The molecule has 0 radical (unpaired) electrons. The molecule has 0 bridgehead atoms. The molecule has 2 aromatic rings. The zero-order valence-electron chi connectivity index (χ0n) is 13.2. The van der Waals surface area contributed by atoms with Gasteiger partial charge in [-0.15, -0.1) is 0 Å². The van der Waals surface area contributed by atoms with Gasteiger partial charge >= 0.3 is 0 Å². The van der Waals surface area contributed by atoms with Gasteiger partial charge in [0.05, 0.1) is 13.2 Å². The maximum absolute atomic E-state index is 12.3. The van der Waals surface area contributed by atoms with Crippen molar-refractivity contribution in [1.82, 2.24) is 5.32 Å². The van der Waals surface area contributed by atoms with Gasteiger partial charge in [0.2, 0.25) is 5.91 Å². The first-order valence-corrected chi connectivity index (χ1v) is 7.28. The van der Waals surface area contributed by atoms with Gasteiger partial charge in [-0.25, -0.2) is 0 Å². The Morgan fingerprint density at radius 2 is 1.86 bits per heavy atom. The van der Waals surface area contributed by atoms with E-state index in [0.717, 1.165) is 22.4 Å². The van der Waals surface area contributed by atoms with Crippen LogP contribution in [0.25, 0.3) is 0 Å². The number of rotatable bonds is 5. The molecule has 0 aliphatic carbocycles. The van der Waals surface area contributed by atoms with Crippen LogP contribution < -0.4 is 15.8 Å². The smallest absolute Gasteiger partial charge is 0.241 e. The topological polar surface area (TPSA) is 64.3 Å². The van der Waals surface area contributed by atoms with Crippen LogP contribution in [-0.2, 0) is 4.79 Å². The molecular weight excluding hydrogens is 276 g/mol. The highest BCUT2D eigenvalue weighted by molar-refractivity contribution is 5.83. The zero-order valence-corrected chi connectivity index (χ0v) is 13.2. The second-order valence-corrected chi connectivity index (χ2v) is 5.36. The summed E-state index contributed by atoms with van der Waals surface area (Å²) in [5.41, 5.74) is 8.87. The monoisotopic (exact) mass is 298 g/mol. The summed E-state index contributed by atoms with van der Waals surface area (Å²) in [4.78, 5) is 12.3. The maximum atomic E-state index is 12.3. The summed E-state index contributed by atoms with van der Waals surface area (Å²) < 4.78 is 5.37. The highest BCUT2D eigenvalue weighted by atomic mass is 16.5. The summed E-state index contributed by atoms with van der Waals surface area (Å²) in [5, 5.41) is 2.95. The molecule has 0 saturated carbocycles. The number of methoxy groups -OCH3 is 1. The number of hydrogen-bond acceptors (Lipinski definition) is 3. The molecule has 0 spiro atoms. The third-order valence-corrected chi connectivity index (χ3v) is 3.65. The van der Waals surface area contributed by atoms with E-state index in [1.807, 2.05) is 62.4 Å². The van der Waals surface area contributed by atoms with Gasteiger partial charge in [-0.3, -0.25) is 4.79 Å². The van der Waals surface area contributed by atoms with Crippen LogP contribution in [0.1, 0.15) is 35.7 Å². The Labute approximate surface area is 131 Å². The van der Waals surface area contributed by atoms with Crippen molar-refractivity contribution in [3.8, 4) is 5.75 Å². The fourth-order valence-electron chi connectivity index (χ4n) is 2.38. The molecule has 4 heteroatoms. The lowest BCUT2D eigenvalue weighted by atomic mass is 10.0. The molecule has 3 N–H and O–H groups in total. The molecule has 0 heterocycles. The fraction of sp³-hybridized carbons (Fsp3) is 0.278. The van der Waals surface area contributed by atoms with E-state index in [4.69, 9.17) is 10.5 Å². The summed E-state index contributed by atoms with van der Waals surface area (Å²) in [7, 11) is 1.62. The van der Waals surface area contributed by atoms with Crippen LogP contribution in [0, 0.1) is 6.92 Å². The van der Waals surface area contributed by atoms with Crippen LogP contribution in [-0.4, -0.2) is 13.0 Å². The summed E-state index contributed by atoms with van der Waals surface area (Å²) in [6.07, 6.45) is 0. The maximum Gasteiger partial charge on any atom is 0.241 e. The van der Waals surface area contributed by atoms with Gasteiger partial charge < -0.3 is 15.8 Å². The third kappa shape index (κ3) is 3.65. The van der Waals surface area contributed by atoms with Gasteiger partial charge in [-0.05, 0) is 25.5 Å². The van der Waals surface area contributed by atoms with Crippen LogP contribution in [0.15, 0.2) is 48.5 Å². The first-order chi connectivity index (χ1) is 10.5. The Bertz CT molecular complexity index is 641. The highest BCUT2D eigenvalue weighted by Gasteiger charge is 2.20. The van der Waals surface area contributed by atoms with Gasteiger partial charge in [0, 0.05) is 5.56 Å². The lowest BCUT2D eigenvalue weighted by Crippen LogP contribution is -2.35. The van der Waals surface area contributed by atoms with Gasteiger partial charge in [0.15, 0.2) is 0 Å². The van der Waals surface area contributed by atoms with E-state index in [-0.39, 0.29) is 11.9 Å². The van der Waals surface area contributed by atoms with Crippen LogP contribution in [0.3, 0.4) is 0 Å². The number of carbonyl (C=O) groups is 1. The fourth-order valence-corrected chi connectivity index (χ4v) is 2.38. The van der Waals surface area contributed by atoms with E-state index >= 15 is 0 Å². The Balaban J connectivity index is 2.13. The Morgan fingerprint density at radius 3 is 2.50 bits per heavy atom. The lowest BCUT2D eigenvalue weighted by Gasteiger charge is -2.20. The van der Waals surface area contributed by atoms with E-state index in [2.05, 4.69) is 5.32 Å². The summed E-state index contributed by atoms with van der Waals surface area (Å²) in [5.74, 6) is 0.550. The van der Waals surface area contributed by atoms with Gasteiger partial charge in [0.25, 0.3) is 0 Å². The van der Waals surface area contributed by atoms with Crippen molar-refractivity contribution < 1.29 is 9.53 Å². The van der Waals surface area contributed by atoms with Crippen LogP contribution >= 0.6 is 0 Å². The van der Waals surface area contributed by atoms with Crippen molar-refractivity contribution in [3.05, 3.63) is 65.2 Å². The number of aryl methyl sites for hydroxylation is 1. The minimum absolute atomic E-state index is 0.183. The number of hydrogen-bond donors (Lipinski definition) is 2. The number of nitrogens with two attached hydrogens (primary N) is 1. The molecule has 1 amide bonds. The SMILES string of the molecule is COc1ccc(C)cc1C(C)NC(=O)C(N)c1ccccc1. The predicted molar refractivity (Wildman–Crippen MR) is 87.7 cm³/mol. The largest absolute Gasteiger partial charge is 0.496 e. The van der Waals surface area contributed by atoms with Gasteiger partial charge in [-0.2, -0.15) is 0 Å².